The van der Waals surface area contributed by atoms with Crippen LogP contribution in [-0.4, -0.2) is 18.7 Å². The van der Waals surface area contributed by atoms with Crippen LogP contribution in [0.25, 0.3) is 11.2 Å². The van der Waals surface area contributed by atoms with Gasteiger partial charge in [-0.25, -0.2) is 9.78 Å². The van der Waals surface area contributed by atoms with Crippen molar-refractivity contribution in [2.75, 3.05) is 0 Å². The molecule has 0 spiro atoms. The number of aromatic nitrogens is 4. The molecule has 2 rings (SSSR count). The van der Waals surface area contributed by atoms with E-state index in [-0.39, 0.29) is 11.2 Å². The van der Waals surface area contributed by atoms with E-state index in [0.717, 1.165) is 23.2 Å². The van der Waals surface area contributed by atoms with Crippen LogP contribution >= 0.6 is 0 Å². The van der Waals surface area contributed by atoms with E-state index in [2.05, 4.69) is 11.9 Å². The van der Waals surface area contributed by atoms with Crippen LogP contribution in [0.15, 0.2) is 9.59 Å². The van der Waals surface area contributed by atoms with Gasteiger partial charge in [-0.05, 0) is 6.42 Å². The molecule has 0 aliphatic heterocycles. The SMILES string of the molecule is CCCCCCCCc1nc2c(c(=O)n(C)c(=O)n2C)n1C. The van der Waals surface area contributed by atoms with Crippen molar-refractivity contribution in [2.24, 2.45) is 21.1 Å². The number of fused-ring (bicyclic) bond motifs is 1. The van der Waals surface area contributed by atoms with Crippen LogP contribution in [0.3, 0.4) is 0 Å². The minimum absolute atomic E-state index is 0.276. The molecule has 6 heteroatoms. The van der Waals surface area contributed by atoms with Gasteiger partial charge in [0.05, 0.1) is 0 Å². The molecule has 122 valence electrons. The lowest BCUT2D eigenvalue weighted by atomic mass is 10.1. The zero-order valence-corrected chi connectivity index (χ0v) is 14.1. The number of rotatable bonds is 7. The molecule has 22 heavy (non-hydrogen) atoms. The normalized spacial score (nSPS) is 11.5. The van der Waals surface area contributed by atoms with Crippen molar-refractivity contribution in [1.82, 2.24) is 18.7 Å². The van der Waals surface area contributed by atoms with Gasteiger partial charge in [0, 0.05) is 27.6 Å². The number of nitrogens with zero attached hydrogens (tertiary/aromatic N) is 4. The summed E-state index contributed by atoms with van der Waals surface area (Å²) >= 11 is 0. The van der Waals surface area contributed by atoms with E-state index >= 15 is 0 Å². The van der Waals surface area contributed by atoms with Crippen LogP contribution in [0, 0.1) is 0 Å². The molecule has 2 aromatic rings. The third-order valence-corrected chi connectivity index (χ3v) is 4.32. The molecule has 2 aromatic heterocycles. The van der Waals surface area contributed by atoms with Crippen molar-refractivity contribution in [3.05, 3.63) is 26.7 Å². The van der Waals surface area contributed by atoms with Crippen molar-refractivity contribution < 1.29 is 0 Å². The third-order valence-electron chi connectivity index (χ3n) is 4.32. The molecule has 0 aromatic carbocycles. The Kier molecular flexibility index (Phi) is 5.21. The summed E-state index contributed by atoms with van der Waals surface area (Å²) in [4.78, 5) is 28.8. The second-order valence-corrected chi connectivity index (χ2v) is 5.98. The average Bonchev–Trinajstić information content (AvgIpc) is 2.84. The largest absolute Gasteiger partial charge is 0.332 e. The number of aryl methyl sites for hydroxylation is 3. The monoisotopic (exact) mass is 306 g/mol. The lowest BCUT2D eigenvalue weighted by Crippen LogP contribution is -2.37. The first-order chi connectivity index (χ1) is 10.5. The Morgan fingerprint density at radius 1 is 0.864 bits per heavy atom. The highest BCUT2D eigenvalue weighted by Gasteiger charge is 2.16. The lowest BCUT2D eigenvalue weighted by molar-refractivity contribution is 0.596. The first-order valence-electron chi connectivity index (χ1n) is 8.10. The standard InChI is InChI=1S/C16H26N4O2/c1-5-6-7-8-9-10-11-12-17-14-13(18(12)2)15(21)20(4)16(22)19(14)3/h5-11H2,1-4H3. The average molecular weight is 306 g/mol. The highest BCUT2D eigenvalue weighted by molar-refractivity contribution is 5.70. The maximum atomic E-state index is 12.3. The molecule has 0 aliphatic carbocycles. The van der Waals surface area contributed by atoms with Crippen molar-refractivity contribution in [2.45, 2.75) is 51.9 Å². The Hall–Kier alpha value is -1.85. The van der Waals surface area contributed by atoms with Gasteiger partial charge in [0.1, 0.15) is 5.82 Å². The number of unbranched alkanes of at least 4 members (excludes halogenated alkanes) is 5. The molecule has 0 radical (unpaired) electrons. The van der Waals surface area contributed by atoms with E-state index in [9.17, 15) is 9.59 Å². The van der Waals surface area contributed by atoms with Crippen LogP contribution in [0.4, 0.5) is 0 Å². The highest BCUT2D eigenvalue weighted by Crippen LogP contribution is 2.13. The van der Waals surface area contributed by atoms with Crippen molar-refractivity contribution >= 4 is 11.2 Å². The molecule has 0 bridgehead atoms. The van der Waals surface area contributed by atoms with E-state index in [0.29, 0.717) is 11.2 Å². The Labute approximate surface area is 130 Å². The smallest absolute Gasteiger partial charge is 0.325 e. The molecule has 0 fully saturated rings. The Bertz CT molecular complexity index is 767. The summed E-state index contributed by atoms with van der Waals surface area (Å²) in [6.45, 7) is 2.21. The van der Waals surface area contributed by atoms with Gasteiger partial charge in [0.2, 0.25) is 0 Å². The summed E-state index contributed by atoms with van der Waals surface area (Å²) < 4.78 is 4.42. The highest BCUT2D eigenvalue weighted by atomic mass is 16.2. The Balaban J connectivity index is 2.21. The minimum Gasteiger partial charge on any atom is -0.325 e. The summed E-state index contributed by atoms with van der Waals surface area (Å²) in [5.41, 5.74) is 0.381. The van der Waals surface area contributed by atoms with Gasteiger partial charge in [-0.3, -0.25) is 13.9 Å². The predicted molar refractivity (Wildman–Crippen MR) is 88.3 cm³/mol. The predicted octanol–water partition coefficient (Wildman–Crippen LogP) is 1.87. The molecule has 0 saturated heterocycles. The van der Waals surface area contributed by atoms with Gasteiger partial charge >= 0.3 is 5.69 Å². The van der Waals surface area contributed by atoms with Gasteiger partial charge in [0.25, 0.3) is 5.56 Å². The quantitative estimate of drug-likeness (QED) is 0.734. The zero-order chi connectivity index (χ0) is 16.3. The summed E-state index contributed by atoms with van der Waals surface area (Å²) in [5.74, 6) is 0.879. The van der Waals surface area contributed by atoms with Crippen molar-refractivity contribution in [3.8, 4) is 0 Å². The van der Waals surface area contributed by atoms with Gasteiger partial charge in [-0.15, -0.1) is 0 Å². The van der Waals surface area contributed by atoms with E-state index in [1.807, 2.05) is 11.6 Å². The number of hydrogen-bond donors (Lipinski definition) is 0. The molecular formula is C16H26N4O2. The number of imidazole rings is 1. The maximum Gasteiger partial charge on any atom is 0.332 e. The van der Waals surface area contributed by atoms with Crippen LogP contribution in [0.5, 0.6) is 0 Å². The Morgan fingerprint density at radius 3 is 2.18 bits per heavy atom. The molecule has 0 atom stereocenters. The first-order valence-corrected chi connectivity index (χ1v) is 8.10. The Morgan fingerprint density at radius 2 is 1.50 bits per heavy atom. The van der Waals surface area contributed by atoms with Crippen LogP contribution in [-0.2, 0) is 27.6 Å². The molecule has 0 amide bonds. The molecule has 0 saturated carbocycles. The minimum atomic E-state index is -0.332. The molecule has 0 N–H and O–H groups in total. The molecule has 0 aliphatic rings. The molecule has 2 heterocycles. The third kappa shape index (κ3) is 3.00. The summed E-state index contributed by atoms with van der Waals surface area (Å²) in [7, 11) is 5.02. The van der Waals surface area contributed by atoms with E-state index in [4.69, 9.17) is 0 Å². The van der Waals surface area contributed by atoms with E-state index in [1.54, 1.807) is 7.05 Å². The first kappa shape index (κ1) is 16.5. The van der Waals surface area contributed by atoms with Gasteiger partial charge < -0.3 is 4.57 Å². The van der Waals surface area contributed by atoms with Gasteiger partial charge in [-0.1, -0.05) is 39.0 Å². The second-order valence-electron chi connectivity index (χ2n) is 5.98. The maximum absolute atomic E-state index is 12.3. The van der Waals surface area contributed by atoms with Gasteiger partial charge in [0.15, 0.2) is 11.2 Å². The van der Waals surface area contributed by atoms with Crippen molar-refractivity contribution in [1.29, 1.82) is 0 Å². The van der Waals surface area contributed by atoms with Crippen molar-refractivity contribution in [3.63, 3.8) is 0 Å². The fourth-order valence-electron chi connectivity index (χ4n) is 2.85. The molecular weight excluding hydrogens is 280 g/mol. The molecule has 0 unspecified atom stereocenters. The van der Waals surface area contributed by atoms with E-state index in [1.165, 1.54) is 43.7 Å². The topological polar surface area (TPSA) is 61.8 Å². The summed E-state index contributed by atoms with van der Waals surface area (Å²) in [6.07, 6.45) is 8.17. The fourth-order valence-corrected chi connectivity index (χ4v) is 2.85. The van der Waals surface area contributed by atoms with E-state index < -0.39 is 0 Å². The van der Waals surface area contributed by atoms with Crippen LogP contribution in [0.2, 0.25) is 0 Å². The van der Waals surface area contributed by atoms with Crippen LogP contribution in [0.1, 0.15) is 51.3 Å². The molecule has 6 nitrogen and oxygen atoms in total. The second kappa shape index (κ2) is 6.94. The van der Waals surface area contributed by atoms with Crippen LogP contribution < -0.4 is 11.2 Å². The number of hydrogen-bond acceptors (Lipinski definition) is 3. The lowest BCUT2D eigenvalue weighted by Gasteiger charge is -2.04. The fraction of sp³-hybridized carbons (Fsp3) is 0.688. The summed E-state index contributed by atoms with van der Waals surface area (Å²) in [6, 6.07) is 0. The zero-order valence-electron chi connectivity index (χ0n) is 14.1. The van der Waals surface area contributed by atoms with Gasteiger partial charge in [-0.2, -0.15) is 0 Å². The summed E-state index contributed by atoms with van der Waals surface area (Å²) in [5, 5.41) is 0.